The van der Waals surface area contributed by atoms with E-state index in [1.165, 1.54) is 17.4 Å². The summed E-state index contributed by atoms with van der Waals surface area (Å²) >= 11 is 1.38. The van der Waals surface area contributed by atoms with Gasteiger partial charge in [0, 0.05) is 28.9 Å². The van der Waals surface area contributed by atoms with E-state index >= 15 is 0 Å². The van der Waals surface area contributed by atoms with E-state index in [-0.39, 0.29) is 28.4 Å². The van der Waals surface area contributed by atoms with Crippen molar-refractivity contribution in [1.82, 2.24) is 15.3 Å². The van der Waals surface area contributed by atoms with Crippen LogP contribution < -0.4 is 10.9 Å². The summed E-state index contributed by atoms with van der Waals surface area (Å²) in [5, 5.41) is 36.5. The maximum atomic E-state index is 12.6. The number of anilines is 1. The number of benzene rings is 3. The molecule has 0 amide bonds. The Labute approximate surface area is 218 Å². The highest BCUT2D eigenvalue weighted by Crippen LogP contribution is 2.41. The third kappa shape index (κ3) is 3.75. The number of fused-ring (bicyclic) bond motifs is 4. The fourth-order valence-electron chi connectivity index (χ4n) is 4.88. The molecule has 3 N–H and O–H groups in total. The van der Waals surface area contributed by atoms with Gasteiger partial charge in [-0.15, -0.1) is 11.3 Å². The van der Waals surface area contributed by atoms with Gasteiger partial charge in [0.25, 0.3) is 5.56 Å². The predicted octanol–water partition coefficient (Wildman–Crippen LogP) is 6.08. The van der Waals surface area contributed by atoms with Gasteiger partial charge in [-0.1, -0.05) is 31.2 Å². The minimum absolute atomic E-state index is 0.0810. The van der Waals surface area contributed by atoms with Crippen LogP contribution in [0.5, 0.6) is 5.75 Å². The third-order valence-electron chi connectivity index (χ3n) is 6.84. The number of nitrogens with one attached hydrogen (secondary N) is 2. The van der Waals surface area contributed by atoms with Crippen LogP contribution >= 0.6 is 11.3 Å². The number of hydrogen-bond donors (Lipinski definition) is 3. The molecule has 0 unspecified atom stereocenters. The normalized spacial score (nSPS) is 12.4. The van der Waals surface area contributed by atoms with Crippen molar-refractivity contribution in [2.45, 2.75) is 19.8 Å². The number of nitro benzene ring substituents is 1. The van der Waals surface area contributed by atoms with Gasteiger partial charge in [0.15, 0.2) is 5.52 Å². The van der Waals surface area contributed by atoms with E-state index < -0.39 is 4.92 Å². The molecule has 38 heavy (non-hydrogen) atoms. The molecule has 0 bridgehead atoms. The summed E-state index contributed by atoms with van der Waals surface area (Å²) in [6.07, 6.45) is 0. The molecule has 3 aromatic heterocycles. The predicted molar refractivity (Wildman–Crippen MR) is 147 cm³/mol. The number of phenolic OH excluding ortho intramolecular Hbond substituents is 1. The van der Waals surface area contributed by atoms with Gasteiger partial charge >= 0.3 is 5.69 Å². The molecule has 10 nitrogen and oxygen atoms in total. The van der Waals surface area contributed by atoms with Crippen molar-refractivity contribution < 1.29 is 14.7 Å². The summed E-state index contributed by atoms with van der Waals surface area (Å²) in [4.78, 5) is 26.3. The minimum Gasteiger partial charge on any atom is -0.507 e. The van der Waals surface area contributed by atoms with Crippen LogP contribution in [-0.4, -0.2) is 31.9 Å². The smallest absolute Gasteiger partial charge is 0.300 e. The van der Waals surface area contributed by atoms with Crippen molar-refractivity contribution in [2.75, 3.05) is 11.9 Å². The standard InChI is InChI=1S/C27H21N5O5S/c1-13-11-20(33)21(22-17-9-10-38-26(17)27(34)29-23(13)22)16-5-3-15(4-6-16)14(2)12-28-18-7-8-19(32(35)36)25-24(18)30-37-31-25/h3-11,14,28,33H,12H2,1-2H3,(H,29,34)/t14-/m0/s1. The SMILES string of the molecule is Cc1cc(O)c(-c2ccc([C@@H](C)CNc3ccc([N+](=O)[O-])c4nonc34)cc2)c2c1[nH]c(=O)c1sccc12. The first-order chi connectivity index (χ1) is 18.3. The molecular formula is C27H21N5O5S. The highest BCUT2D eigenvalue weighted by molar-refractivity contribution is 7.17. The largest absolute Gasteiger partial charge is 0.507 e. The Morgan fingerprint density at radius 1 is 1.16 bits per heavy atom. The van der Waals surface area contributed by atoms with Crippen LogP contribution in [-0.2, 0) is 0 Å². The van der Waals surface area contributed by atoms with Gasteiger partial charge in [0.05, 0.1) is 16.1 Å². The number of hydrogen-bond acceptors (Lipinski definition) is 9. The molecule has 11 heteroatoms. The maximum Gasteiger partial charge on any atom is 0.300 e. The van der Waals surface area contributed by atoms with Gasteiger partial charge in [-0.05, 0) is 63.4 Å². The molecule has 0 radical (unpaired) electrons. The number of phenols is 1. The maximum absolute atomic E-state index is 12.6. The van der Waals surface area contributed by atoms with Crippen LogP contribution in [0.3, 0.4) is 0 Å². The van der Waals surface area contributed by atoms with Crippen LogP contribution in [0.4, 0.5) is 11.4 Å². The fourth-order valence-corrected chi connectivity index (χ4v) is 5.67. The van der Waals surface area contributed by atoms with Gasteiger partial charge in [0.2, 0.25) is 5.52 Å². The van der Waals surface area contributed by atoms with Crippen molar-refractivity contribution in [1.29, 1.82) is 0 Å². The molecule has 6 aromatic rings. The lowest BCUT2D eigenvalue weighted by molar-refractivity contribution is -0.383. The van der Waals surface area contributed by atoms with Crippen LogP contribution in [0.25, 0.3) is 43.1 Å². The van der Waals surface area contributed by atoms with Gasteiger partial charge in [-0.25, -0.2) is 4.63 Å². The zero-order valence-corrected chi connectivity index (χ0v) is 21.1. The summed E-state index contributed by atoms with van der Waals surface area (Å²) in [6.45, 7) is 4.46. The Morgan fingerprint density at radius 2 is 1.92 bits per heavy atom. The molecule has 0 aliphatic rings. The average Bonchev–Trinajstić information content (AvgIpc) is 3.59. The molecule has 0 fully saturated rings. The first kappa shape index (κ1) is 23.6. The number of thiophene rings is 1. The second-order valence-electron chi connectivity index (χ2n) is 9.21. The Hall–Kier alpha value is -4.77. The summed E-state index contributed by atoms with van der Waals surface area (Å²) in [5.74, 6) is 0.234. The van der Waals surface area contributed by atoms with Crippen molar-refractivity contribution in [2.24, 2.45) is 0 Å². The Balaban J connectivity index is 1.31. The number of nitrogens with zero attached hydrogens (tertiary/aromatic N) is 3. The lowest BCUT2D eigenvalue weighted by atomic mass is 9.93. The van der Waals surface area contributed by atoms with E-state index in [0.717, 1.165) is 27.5 Å². The highest BCUT2D eigenvalue weighted by Gasteiger charge is 2.21. The summed E-state index contributed by atoms with van der Waals surface area (Å²) < 4.78 is 5.36. The molecule has 0 saturated carbocycles. The van der Waals surface area contributed by atoms with E-state index in [0.29, 0.717) is 33.5 Å². The number of aromatic hydroxyl groups is 1. The Kier molecular flexibility index (Phi) is 5.57. The second-order valence-corrected chi connectivity index (χ2v) is 10.1. The molecule has 190 valence electrons. The first-order valence-corrected chi connectivity index (χ1v) is 12.7. The second kappa shape index (κ2) is 8.96. The molecule has 6 rings (SSSR count). The Bertz CT molecular complexity index is 1920. The number of aromatic amines is 1. The molecule has 0 aliphatic carbocycles. The monoisotopic (exact) mass is 527 g/mol. The number of H-pyrrole nitrogens is 1. The lowest BCUT2D eigenvalue weighted by Gasteiger charge is -2.16. The number of aryl methyl sites for hydroxylation is 1. The molecule has 0 aliphatic heterocycles. The Morgan fingerprint density at radius 3 is 2.68 bits per heavy atom. The van der Waals surface area contributed by atoms with Gasteiger partial charge in [-0.3, -0.25) is 14.9 Å². The van der Waals surface area contributed by atoms with E-state index in [4.69, 9.17) is 4.63 Å². The van der Waals surface area contributed by atoms with E-state index in [1.807, 2.05) is 42.6 Å². The quantitative estimate of drug-likeness (QED) is 0.174. The number of non-ortho nitro benzene ring substituents is 1. The number of rotatable bonds is 6. The summed E-state index contributed by atoms with van der Waals surface area (Å²) in [6, 6.07) is 14.5. The average molecular weight is 528 g/mol. The van der Waals surface area contributed by atoms with Gasteiger partial charge in [0.1, 0.15) is 10.4 Å². The highest BCUT2D eigenvalue weighted by atomic mass is 32.1. The van der Waals surface area contributed by atoms with E-state index in [1.54, 1.807) is 12.1 Å². The fraction of sp³-hybridized carbons (Fsp3) is 0.148. The molecule has 3 aromatic carbocycles. The van der Waals surface area contributed by atoms with Crippen molar-refractivity contribution in [3.63, 3.8) is 0 Å². The van der Waals surface area contributed by atoms with Crippen LogP contribution in [0.15, 0.2) is 63.3 Å². The van der Waals surface area contributed by atoms with E-state index in [2.05, 4.69) is 27.5 Å². The molecule has 0 saturated heterocycles. The number of aromatic nitrogens is 3. The van der Waals surface area contributed by atoms with Crippen molar-refractivity contribution in [3.05, 3.63) is 85.5 Å². The summed E-state index contributed by atoms with van der Waals surface area (Å²) in [7, 11) is 0. The van der Waals surface area contributed by atoms with Gasteiger partial charge < -0.3 is 15.4 Å². The van der Waals surface area contributed by atoms with Crippen LogP contribution in [0, 0.1) is 17.0 Å². The molecule has 0 spiro atoms. The van der Waals surface area contributed by atoms with Crippen LogP contribution in [0.1, 0.15) is 24.0 Å². The van der Waals surface area contributed by atoms with Crippen molar-refractivity contribution in [3.8, 4) is 16.9 Å². The molecule has 3 heterocycles. The first-order valence-electron chi connectivity index (χ1n) is 11.8. The number of pyridine rings is 1. The minimum atomic E-state index is -0.517. The van der Waals surface area contributed by atoms with Crippen molar-refractivity contribution >= 4 is 54.7 Å². The molecule has 1 atom stereocenters. The zero-order valence-electron chi connectivity index (χ0n) is 20.3. The zero-order chi connectivity index (χ0) is 26.6. The topological polar surface area (TPSA) is 147 Å². The third-order valence-corrected chi connectivity index (χ3v) is 7.75. The number of nitro groups is 1. The lowest BCUT2D eigenvalue weighted by Crippen LogP contribution is -2.10. The van der Waals surface area contributed by atoms with Crippen LogP contribution in [0.2, 0.25) is 0 Å². The molecular weight excluding hydrogens is 506 g/mol. The van der Waals surface area contributed by atoms with E-state index in [9.17, 15) is 20.0 Å². The van der Waals surface area contributed by atoms with Gasteiger partial charge in [-0.2, -0.15) is 0 Å². The summed E-state index contributed by atoms with van der Waals surface area (Å²) in [5.41, 5.74) is 4.79.